The first-order valence-electron chi connectivity index (χ1n) is 9.06. The number of piperidine rings is 1. The third-order valence-electron chi connectivity index (χ3n) is 4.83. The van der Waals surface area contributed by atoms with Crippen LogP contribution >= 0.6 is 0 Å². The van der Waals surface area contributed by atoms with E-state index >= 15 is 0 Å². The van der Waals surface area contributed by atoms with E-state index in [0.717, 1.165) is 25.8 Å². The quantitative estimate of drug-likeness (QED) is 0.875. The average Bonchev–Trinajstić information content (AvgIpc) is 2.64. The maximum absolute atomic E-state index is 12.4. The number of para-hydroxylation sites is 1. The Bertz CT molecular complexity index is 861. The normalized spacial score (nSPS) is 17.3. The second-order valence-corrected chi connectivity index (χ2v) is 6.73. The molecular weight excluding hydrogens is 332 g/mol. The Balaban J connectivity index is 1.52. The Morgan fingerprint density at radius 3 is 2.88 bits per heavy atom. The number of hydrogen-bond donors (Lipinski definition) is 1. The van der Waals surface area contributed by atoms with Crippen LogP contribution < -0.4 is 10.9 Å². The van der Waals surface area contributed by atoms with Gasteiger partial charge < -0.3 is 10.2 Å². The Morgan fingerprint density at radius 2 is 2.08 bits per heavy atom. The summed E-state index contributed by atoms with van der Waals surface area (Å²) in [5.74, 6) is -0.231. The van der Waals surface area contributed by atoms with Crippen LogP contribution in [0.1, 0.15) is 32.6 Å². The molecule has 1 aliphatic heterocycles. The predicted molar refractivity (Wildman–Crippen MR) is 98.7 cm³/mol. The second-order valence-electron chi connectivity index (χ2n) is 6.73. The maximum Gasteiger partial charge on any atom is 0.261 e. The van der Waals surface area contributed by atoms with Crippen LogP contribution in [0.15, 0.2) is 35.4 Å². The van der Waals surface area contributed by atoms with Crippen LogP contribution in [0.2, 0.25) is 0 Å². The minimum atomic E-state index is -0.302. The Kier molecular flexibility index (Phi) is 5.65. The molecule has 138 valence electrons. The molecule has 0 aliphatic carbocycles. The van der Waals surface area contributed by atoms with Crippen LogP contribution in [0, 0.1) is 0 Å². The van der Waals surface area contributed by atoms with E-state index in [-0.39, 0.29) is 42.9 Å². The molecule has 1 aromatic heterocycles. The van der Waals surface area contributed by atoms with Crippen molar-refractivity contribution in [1.82, 2.24) is 19.8 Å². The first-order valence-corrected chi connectivity index (χ1v) is 9.06. The van der Waals surface area contributed by atoms with Gasteiger partial charge in [0.2, 0.25) is 11.8 Å². The van der Waals surface area contributed by atoms with Crippen molar-refractivity contribution in [3.05, 3.63) is 40.9 Å². The minimum absolute atomic E-state index is 0.0713. The monoisotopic (exact) mass is 356 g/mol. The van der Waals surface area contributed by atoms with Crippen LogP contribution in [0.5, 0.6) is 0 Å². The third kappa shape index (κ3) is 4.09. The molecule has 26 heavy (non-hydrogen) atoms. The van der Waals surface area contributed by atoms with Gasteiger partial charge in [-0.25, -0.2) is 4.98 Å². The molecule has 0 saturated carbocycles. The van der Waals surface area contributed by atoms with Gasteiger partial charge in [-0.1, -0.05) is 12.1 Å². The molecule has 1 atom stereocenters. The third-order valence-corrected chi connectivity index (χ3v) is 4.83. The van der Waals surface area contributed by atoms with Crippen LogP contribution in [0.3, 0.4) is 0 Å². The summed E-state index contributed by atoms with van der Waals surface area (Å²) in [6.45, 7) is 3.03. The number of carbonyl (C=O) groups is 2. The van der Waals surface area contributed by atoms with E-state index in [1.807, 2.05) is 11.0 Å². The zero-order valence-electron chi connectivity index (χ0n) is 15.0. The minimum Gasteiger partial charge on any atom is -0.354 e. The fourth-order valence-electron chi connectivity index (χ4n) is 3.35. The first kappa shape index (κ1) is 18.1. The molecule has 2 heterocycles. The molecular formula is C19H24N4O3. The molecule has 0 unspecified atom stereocenters. The van der Waals surface area contributed by atoms with E-state index in [4.69, 9.17) is 0 Å². The van der Waals surface area contributed by atoms with Gasteiger partial charge in [0.15, 0.2) is 0 Å². The Hall–Kier alpha value is -2.70. The molecule has 0 radical (unpaired) electrons. The Labute approximate surface area is 152 Å². The second kappa shape index (κ2) is 8.12. The molecule has 0 bridgehead atoms. The van der Waals surface area contributed by atoms with Crippen molar-refractivity contribution in [2.75, 3.05) is 13.1 Å². The number of benzene rings is 1. The molecule has 1 fully saturated rings. The van der Waals surface area contributed by atoms with Gasteiger partial charge in [0.05, 0.1) is 17.2 Å². The number of nitrogens with one attached hydrogen (secondary N) is 1. The maximum atomic E-state index is 12.4. The lowest BCUT2D eigenvalue weighted by Gasteiger charge is -2.33. The number of likely N-dealkylation sites (tertiary alicyclic amines) is 1. The molecule has 2 amide bonds. The molecule has 1 aliphatic rings. The SMILES string of the molecule is C[C@@H]1CCCCN1C(=O)CCNC(=O)Cn1cnc2ccccc2c1=O. The van der Waals surface area contributed by atoms with E-state index in [2.05, 4.69) is 17.2 Å². The summed E-state index contributed by atoms with van der Waals surface area (Å²) in [4.78, 5) is 42.8. The highest BCUT2D eigenvalue weighted by Crippen LogP contribution is 2.16. The molecule has 1 saturated heterocycles. The molecule has 7 nitrogen and oxygen atoms in total. The number of carbonyl (C=O) groups excluding carboxylic acids is 2. The van der Waals surface area contributed by atoms with E-state index < -0.39 is 0 Å². The Morgan fingerprint density at radius 1 is 1.27 bits per heavy atom. The van der Waals surface area contributed by atoms with Crippen molar-refractivity contribution < 1.29 is 9.59 Å². The van der Waals surface area contributed by atoms with Crippen LogP contribution in [-0.4, -0.2) is 45.4 Å². The average molecular weight is 356 g/mol. The fraction of sp³-hybridized carbons (Fsp3) is 0.474. The number of nitrogens with zero attached hydrogens (tertiary/aromatic N) is 3. The van der Waals surface area contributed by atoms with E-state index in [1.54, 1.807) is 18.2 Å². The summed E-state index contributed by atoms with van der Waals surface area (Å²) in [7, 11) is 0. The lowest BCUT2D eigenvalue weighted by atomic mass is 10.0. The molecule has 2 aromatic rings. The highest BCUT2D eigenvalue weighted by Gasteiger charge is 2.22. The molecule has 1 N–H and O–H groups in total. The summed E-state index contributed by atoms with van der Waals surface area (Å²) < 4.78 is 1.28. The lowest BCUT2D eigenvalue weighted by molar-refractivity contribution is -0.134. The largest absolute Gasteiger partial charge is 0.354 e. The topological polar surface area (TPSA) is 84.3 Å². The highest BCUT2D eigenvalue weighted by molar-refractivity contribution is 5.80. The summed E-state index contributed by atoms with van der Waals surface area (Å²) in [5, 5.41) is 3.20. The summed E-state index contributed by atoms with van der Waals surface area (Å²) in [5.41, 5.74) is 0.361. The van der Waals surface area contributed by atoms with Gasteiger partial charge in [-0.15, -0.1) is 0 Å². The summed E-state index contributed by atoms with van der Waals surface area (Å²) >= 11 is 0. The van der Waals surface area contributed by atoms with E-state index in [0.29, 0.717) is 10.9 Å². The van der Waals surface area contributed by atoms with Gasteiger partial charge in [0.25, 0.3) is 5.56 Å². The van der Waals surface area contributed by atoms with Crippen LogP contribution in [0.4, 0.5) is 0 Å². The highest BCUT2D eigenvalue weighted by atomic mass is 16.2. The van der Waals surface area contributed by atoms with Crippen LogP contribution in [0.25, 0.3) is 10.9 Å². The number of aromatic nitrogens is 2. The molecule has 1 aromatic carbocycles. The van der Waals surface area contributed by atoms with Crippen molar-refractivity contribution in [3.63, 3.8) is 0 Å². The van der Waals surface area contributed by atoms with Gasteiger partial charge in [-0.3, -0.25) is 19.0 Å². The van der Waals surface area contributed by atoms with Crippen molar-refractivity contribution in [1.29, 1.82) is 0 Å². The van der Waals surface area contributed by atoms with Gasteiger partial charge >= 0.3 is 0 Å². The lowest BCUT2D eigenvalue weighted by Crippen LogP contribution is -2.43. The van der Waals surface area contributed by atoms with Gasteiger partial charge in [-0.05, 0) is 38.3 Å². The van der Waals surface area contributed by atoms with Crippen molar-refractivity contribution in [2.45, 2.75) is 45.2 Å². The summed E-state index contributed by atoms with van der Waals surface area (Å²) in [6, 6.07) is 7.30. The number of amides is 2. The number of rotatable bonds is 5. The zero-order chi connectivity index (χ0) is 18.5. The molecule has 3 rings (SSSR count). The fourth-order valence-corrected chi connectivity index (χ4v) is 3.35. The first-order chi connectivity index (χ1) is 12.6. The van der Waals surface area contributed by atoms with Crippen molar-refractivity contribution in [3.8, 4) is 0 Å². The molecule has 7 heteroatoms. The zero-order valence-corrected chi connectivity index (χ0v) is 15.0. The van der Waals surface area contributed by atoms with Crippen molar-refractivity contribution >= 4 is 22.7 Å². The predicted octanol–water partition coefficient (Wildman–Crippen LogP) is 1.30. The van der Waals surface area contributed by atoms with Gasteiger partial charge in [-0.2, -0.15) is 0 Å². The van der Waals surface area contributed by atoms with E-state index in [1.165, 1.54) is 10.9 Å². The summed E-state index contributed by atoms with van der Waals surface area (Å²) in [6.07, 6.45) is 4.90. The van der Waals surface area contributed by atoms with Crippen LogP contribution in [-0.2, 0) is 16.1 Å². The molecule has 0 spiro atoms. The smallest absolute Gasteiger partial charge is 0.261 e. The van der Waals surface area contributed by atoms with Gasteiger partial charge in [0.1, 0.15) is 6.54 Å². The standard InChI is InChI=1S/C19H24N4O3/c1-14-6-4-5-11-23(14)18(25)9-10-20-17(24)12-22-13-21-16-8-3-2-7-15(16)19(22)26/h2-3,7-8,13-14H,4-6,9-12H2,1H3,(H,20,24)/t14-/m1/s1. The number of fused-ring (bicyclic) bond motifs is 1. The van der Waals surface area contributed by atoms with Gasteiger partial charge in [0, 0.05) is 25.6 Å². The van der Waals surface area contributed by atoms with Crippen molar-refractivity contribution in [2.24, 2.45) is 0 Å². The van der Waals surface area contributed by atoms with E-state index in [9.17, 15) is 14.4 Å². The number of hydrogen-bond acceptors (Lipinski definition) is 4.